The highest BCUT2D eigenvalue weighted by molar-refractivity contribution is 7.80. The molecule has 1 heterocycles. The van der Waals surface area contributed by atoms with Crippen molar-refractivity contribution in [2.45, 2.75) is 20.0 Å². The molecule has 8 heteroatoms. The average Bonchev–Trinajstić information content (AvgIpc) is 2.78. The number of amides is 1. The Bertz CT molecular complexity index is 1130. The second-order valence-electron chi connectivity index (χ2n) is 6.97. The Kier molecular flexibility index (Phi) is 7.88. The monoisotopic (exact) mass is 448 g/mol. The first-order chi connectivity index (χ1) is 15.4. The van der Waals surface area contributed by atoms with E-state index in [1.54, 1.807) is 24.1 Å². The van der Waals surface area contributed by atoms with Gasteiger partial charge in [-0.15, -0.1) is 0 Å². The molecule has 0 radical (unpaired) electrons. The normalized spacial score (nSPS) is 11.7. The fourth-order valence-corrected chi connectivity index (χ4v) is 3.29. The van der Waals surface area contributed by atoms with Gasteiger partial charge < -0.3 is 15.4 Å². The molecule has 2 N–H and O–H groups in total. The number of nitrogens with one attached hydrogen (secondary N) is 2. The second-order valence-corrected chi connectivity index (χ2v) is 7.36. The Hall–Kier alpha value is -3.78. The number of nitrogens with zero attached hydrogens (tertiary/aromatic N) is 2. The van der Waals surface area contributed by atoms with Gasteiger partial charge in [0.05, 0.1) is 11.2 Å². The number of hydrogen-bond acceptors (Lipinski definition) is 5. The van der Waals surface area contributed by atoms with E-state index in [0.717, 1.165) is 16.5 Å². The van der Waals surface area contributed by atoms with E-state index in [4.69, 9.17) is 17.0 Å². The maximum atomic E-state index is 12.4. The molecule has 1 unspecified atom stereocenters. The highest BCUT2D eigenvalue weighted by atomic mass is 32.1. The molecular weight excluding hydrogens is 424 g/mol. The smallest absolute Gasteiger partial charge is 0.304 e. The summed E-state index contributed by atoms with van der Waals surface area (Å²) in [6, 6.07) is 19.0. The number of fused-ring (bicyclic) bond motifs is 1. The zero-order chi connectivity index (χ0) is 22.9. The molecule has 0 bridgehead atoms. The van der Waals surface area contributed by atoms with Crippen molar-refractivity contribution in [1.82, 2.24) is 15.2 Å². The van der Waals surface area contributed by atoms with Crippen molar-refractivity contribution in [3.05, 3.63) is 78.5 Å². The van der Waals surface area contributed by atoms with Crippen LogP contribution >= 0.6 is 12.2 Å². The first-order valence-electron chi connectivity index (χ1n) is 10.0. The summed E-state index contributed by atoms with van der Waals surface area (Å²) >= 11 is 5.57. The largest absolute Gasteiger partial charge is 0.444 e. The summed E-state index contributed by atoms with van der Waals surface area (Å²) in [5.41, 5.74) is 2.38. The number of esters is 1. The molecule has 0 aliphatic heterocycles. The van der Waals surface area contributed by atoms with Crippen molar-refractivity contribution in [3.63, 3.8) is 0 Å². The zero-order valence-electron chi connectivity index (χ0n) is 17.8. The third-order valence-corrected chi connectivity index (χ3v) is 4.92. The van der Waals surface area contributed by atoms with Crippen LogP contribution in [0.3, 0.4) is 0 Å². The number of thiocarbonyl (C=S) groups is 1. The molecule has 0 aliphatic rings. The fourth-order valence-electron chi connectivity index (χ4n) is 2.97. The Morgan fingerprint density at radius 1 is 1.12 bits per heavy atom. The minimum Gasteiger partial charge on any atom is -0.444 e. The van der Waals surface area contributed by atoms with E-state index in [0.29, 0.717) is 5.69 Å². The number of hydrogen-bond donors (Lipinski definition) is 2. The van der Waals surface area contributed by atoms with Crippen molar-refractivity contribution >= 4 is 51.9 Å². The lowest BCUT2D eigenvalue weighted by Gasteiger charge is -2.31. The van der Waals surface area contributed by atoms with Gasteiger partial charge in [-0.25, -0.2) is 0 Å². The Morgan fingerprint density at radius 3 is 2.62 bits per heavy atom. The number of carbonyl (C=O) groups is 2. The first kappa shape index (κ1) is 22.9. The van der Waals surface area contributed by atoms with E-state index in [-0.39, 0.29) is 17.8 Å². The standard InChI is InChI=1S/C24H24N4O3S/c1-17(26-22(30)14-13-19-8-4-3-5-9-19)28(16-31-18(2)29)24(32)27-21-12-6-10-20-11-7-15-25-23(20)21/h3-15,17H,16H2,1-2H3,(H,26,30)(H,27,32)/b14-13+. The number of rotatable bonds is 7. The fraction of sp³-hybridized carbons (Fsp3) is 0.167. The van der Waals surface area contributed by atoms with Crippen molar-refractivity contribution < 1.29 is 14.3 Å². The van der Waals surface area contributed by atoms with Gasteiger partial charge in [-0.05, 0) is 42.9 Å². The lowest BCUT2D eigenvalue weighted by atomic mass is 10.2. The Morgan fingerprint density at radius 2 is 1.88 bits per heavy atom. The van der Waals surface area contributed by atoms with Gasteiger partial charge >= 0.3 is 5.97 Å². The average molecular weight is 449 g/mol. The summed E-state index contributed by atoms with van der Waals surface area (Å²) in [7, 11) is 0. The molecule has 3 aromatic rings. The van der Waals surface area contributed by atoms with E-state index >= 15 is 0 Å². The highest BCUT2D eigenvalue weighted by Crippen LogP contribution is 2.21. The van der Waals surface area contributed by atoms with Crippen LogP contribution in [0, 0.1) is 0 Å². The predicted octanol–water partition coefficient (Wildman–Crippen LogP) is 3.93. The summed E-state index contributed by atoms with van der Waals surface area (Å²) in [5, 5.41) is 7.24. The number of aromatic nitrogens is 1. The quantitative estimate of drug-likeness (QED) is 0.245. The molecule has 2 aromatic carbocycles. The van der Waals surface area contributed by atoms with Crippen LogP contribution in [0.4, 0.5) is 5.69 Å². The predicted molar refractivity (Wildman–Crippen MR) is 130 cm³/mol. The van der Waals surface area contributed by atoms with Crippen LogP contribution in [0.5, 0.6) is 0 Å². The first-order valence-corrected chi connectivity index (χ1v) is 10.4. The molecule has 0 fully saturated rings. The van der Waals surface area contributed by atoms with Gasteiger partial charge in [0.15, 0.2) is 11.8 Å². The van der Waals surface area contributed by atoms with Crippen LogP contribution in [0.1, 0.15) is 19.4 Å². The van der Waals surface area contributed by atoms with Gasteiger partial charge in [0.25, 0.3) is 0 Å². The van der Waals surface area contributed by atoms with Crippen molar-refractivity contribution in [2.24, 2.45) is 0 Å². The second kappa shape index (κ2) is 11.0. The maximum absolute atomic E-state index is 12.4. The Balaban J connectivity index is 1.72. The number of benzene rings is 2. The number of ether oxygens (including phenoxy) is 1. The van der Waals surface area contributed by atoms with Gasteiger partial charge in [0.2, 0.25) is 5.91 Å². The molecule has 0 saturated heterocycles. The lowest BCUT2D eigenvalue weighted by Crippen LogP contribution is -2.51. The van der Waals surface area contributed by atoms with Crippen LogP contribution < -0.4 is 10.6 Å². The highest BCUT2D eigenvalue weighted by Gasteiger charge is 2.20. The number of para-hydroxylation sites is 1. The molecule has 1 amide bonds. The van der Waals surface area contributed by atoms with Crippen molar-refractivity contribution in [2.75, 3.05) is 12.0 Å². The topological polar surface area (TPSA) is 83.6 Å². The number of anilines is 1. The third-order valence-electron chi connectivity index (χ3n) is 4.59. The van der Waals surface area contributed by atoms with Gasteiger partial charge in [-0.3, -0.25) is 19.5 Å². The van der Waals surface area contributed by atoms with Crippen LogP contribution in [-0.4, -0.2) is 39.8 Å². The number of carbonyl (C=O) groups excluding carboxylic acids is 2. The summed E-state index contributed by atoms with van der Waals surface area (Å²) in [6.45, 7) is 2.95. The minimum atomic E-state index is -0.551. The van der Waals surface area contributed by atoms with E-state index < -0.39 is 12.1 Å². The van der Waals surface area contributed by atoms with E-state index in [1.807, 2.05) is 60.7 Å². The maximum Gasteiger partial charge on any atom is 0.304 e. The van der Waals surface area contributed by atoms with Crippen molar-refractivity contribution in [1.29, 1.82) is 0 Å². The van der Waals surface area contributed by atoms with E-state index in [9.17, 15) is 9.59 Å². The molecule has 1 aromatic heterocycles. The lowest BCUT2D eigenvalue weighted by molar-refractivity contribution is -0.144. The third kappa shape index (κ3) is 6.36. The summed E-state index contributed by atoms with van der Waals surface area (Å²) in [6.07, 6.45) is 4.32. The van der Waals surface area contributed by atoms with Gasteiger partial charge in [-0.2, -0.15) is 0 Å². The molecule has 0 aliphatic carbocycles. The summed E-state index contributed by atoms with van der Waals surface area (Å²) in [4.78, 5) is 29.8. The van der Waals surface area contributed by atoms with Crippen LogP contribution in [0.25, 0.3) is 17.0 Å². The summed E-state index contributed by atoms with van der Waals surface area (Å²) in [5.74, 6) is -0.754. The molecule has 0 spiro atoms. The zero-order valence-corrected chi connectivity index (χ0v) is 18.6. The van der Waals surface area contributed by atoms with Crippen molar-refractivity contribution in [3.8, 4) is 0 Å². The minimum absolute atomic E-state index is 0.122. The number of pyridine rings is 1. The molecule has 7 nitrogen and oxygen atoms in total. The molecule has 3 rings (SSSR count). The van der Waals surface area contributed by atoms with Crippen LogP contribution in [0.2, 0.25) is 0 Å². The molecule has 0 saturated carbocycles. The van der Waals surface area contributed by atoms with Crippen LogP contribution in [0.15, 0.2) is 72.9 Å². The van der Waals surface area contributed by atoms with E-state index in [2.05, 4.69) is 15.6 Å². The summed E-state index contributed by atoms with van der Waals surface area (Å²) < 4.78 is 5.16. The molecule has 32 heavy (non-hydrogen) atoms. The molecule has 1 atom stereocenters. The van der Waals surface area contributed by atoms with Gasteiger partial charge in [0, 0.05) is 24.6 Å². The van der Waals surface area contributed by atoms with Gasteiger partial charge in [-0.1, -0.05) is 48.5 Å². The van der Waals surface area contributed by atoms with E-state index in [1.165, 1.54) is 13.0 Å². The van der Waals surface area contributed by atoms with Crippen LogP contribution in [-0.2, 0) is 14.3 Å². The SMILES string of the molecule is CC(=O)OCN(C(=S)Nc1cccc2cccnc12)C(C)NC(=O)/C=C/c1ccccc1. The molecule has 164 valence electrons. The Labute approximate surface area is 192 Å². The molecular formula is C24H24N4O3S. The van der Waals surface area contributed by atoms with Gasteiger partial charge in [0.1, 0.15) is 6.17 Å².